The lowest BCUT2D eigenvalue weighted by Crippen LogP contribution is -2.38. The summed E-state index contributed by atoms with van der Waals surface area (Å²) in [5.41, 5.74) is 6.92. The van der Waals surface area contributed by atoms with Gasteiger partial charge in [-0.15, -0.1) is 23.2 Å². The summed E-state index contributed by atoms with van der Waals surface area (Å²) >= 11 is 11.8. The third kappa shape index (κ3) is 10.2. The normalized spacial score (nSPS) is 24.9. The summed E-state index contributed by atoms with van der Waals surface area (Å²) < 4.78 is 5.33. The van der Waals surface area contributed by atoms with Crippen molar-refractivity contribution < 1.29 is 19.4 Å². The van der Waals surface area contributed by atoms with E-state index in [1.165, 1.54) is 55.2 Å². The Morgan fingerprint density at radius 1 is 0.896 bits per heavy atom. The number of fused-ring (bicyclic) bond motifs is 4. The quantitative estimate of drug-likeness (QED) is 0.102. The molecule has 0 aromatic heterocycles. The smallest absolute Gasteiger partial charge is 0.407 e. The number of nitrogens with zero attached hydrogens (tertiary/aromatic N) is 1. The monoisotopic (exact) mass is 701 g/mol. The number of alkyl halides is 2. The van der Waals surface area contributed by atoms with Gasteiger partial charge in [-0.1, -0.05) is 37.0 Å². The van der Waals surface area contributed by atoms with Crippen molar-refractivity contribution in [2.45, 2.75) is 96.0 Å². The van der Waals surface area contributed by atoms with Crippen LogP contribution in [0.3, 0.4) is 0 Å². The maximum Gasteiger partial charge on any atom is 0.407 e. The SMILES string of the molecule is O=C1C=C2CCC3C(=C2CC1)C(CCCCCCNCCOC(=O)NCCCc1ccc(N(CCCl)CCCl)cc1)CC1C(O)CCC31. The molecule has 7 nitrogen and oxygen atoms in total. The van der Waals surface area contributed by atoms with Gasteiger partial charge in [0.1, 0.15) is 6.61 Å². The highest BCUT2D eigenvalue weighted by molar-refractivity contribution is 6.18. The number of carbonyl (C=O) groups is 2. The van der Waals surface area contributed by atoms with Crippen LogP contribution in [0.2, 0.25) is 0 Å². The van der Waals surface area contributed by atoms with Crippen molar-refractivity contribution >= 4 is 40.8 Å². The zero-order chi connectivity index (χ0) is 33.7. The topological polar surface area (TPSA) is 90.9 Å². The van der Waals surface area contributed by atoms with E-state index in [4.69, 9.17) is 27.9 Å². The molecule has 2 saturated carbocycles. The number of aliphatic hydroxyl groups is 1. The number of ketones is 1. The Balaban J connectivity index is 0.906. The van der Waals surface area contributed by atoms with Crippen molar-refractivity contribution in [3.05, 3.63) is 52.6 Å². The fourth-order valence-electron chi connectivity index (χ4n) is 8.95. The Bertz CT molecular complexity index is 1250. The van der Waals surface area contributed by atoms with Crippen LogP contribution in [-0.4, -0.2) is 74.2 Å². The van der Waals surface area contributed by atoms with Crippen LogP contribution in [0.5, 0.6) is 0 Å². The number of amides is 1. The maximum absolute atomic E-state index is 12.1. The fourth-order valence-corrected chi connectivity index (χ4v) is 9.36. The van der Waals surface area contributed by atoms with E-state index in [1.54, 1.807) is 5.57 Å². The molecule has 4 aliphatic rings. The summed E-state index contributed by atoms with van der Waals surface area (Å²) in [6.07, 6.45) is 16.2. The molecule has 0 bridgehead atoms. The van der Waals surface area contributed by atoms with Crippen molar-refractivity contribution in [3.8, 4) is 0 Å². The van der Waals surface area contributed by atoms with E-state index in [0.717, 1.165) is 70.3 Å². The number of ether oxygens (including phenoxy) is 1. The van der Waals surface area contributed by atoms with Gasteiger partial charge in [-0.3, -0.25) is 4.79 Å². The van der Waals surface area contributed by atoms with E-state index in [1.807, 2.05) is 6.08 Å². The molecule has 1 amide bonds. The lowest BCUT2D eigenvalue weighted by Gasteiger charge is -2.46. The summed E-state index contributed by atoms with van der Waals surface area (Å²) in [4.78, 5) is 26.4. The zero-order valence-electron chi connectivity index (χ0n) is 28.7. The van der Waals surface area contributed by atoms with Crippen molar-refractivity contribution in [2.75, 3.05) is 56.0 Å². The Morgan fingerprint density at radius 2 is 1.69 bits per heavy atom. The Hall–Kier alpha value is -2.06. The summed E-state index contributed by atoms with van der Waals surface area (Å²) in [5, 5.41) is 17.0. The van der Waals surface area contributed by atoms with Gasteiger partial charge in [0.05, 0.1) is 6.10 Å². The van der Waals surface area contributed by atoms with Gasteiger partial charge >= 0.3 is 6.09 Å². The molecule has 266 valence electrons. The number of rotatable bonds is 19. The number of hydrogen-bond acceptors (Lipinski definition) is 6. The molecule has 2 fully saturated rings. The van der Waals surface area contributed by atoms with Gasteiger partial charge in [0.15, 0.2) is 5.78 Å². The fraction of sp³-hybridized carbons (Fsp3) is 0.692. The second kappa shape index (κ2) is 19.4. The second-order valence-electron chi connectivity index (χ2n) is 14.3. The Morgan fingerprint density at radius 3 is 2.48 bits per heavy atom. The summed E-state index contributed by atoms with van der Waals surface area (Å²) in [6, 6.07) is 8.46. The molecule has 1 aromatic carbocycles. The molecule has 0 saturated heterocycles. The molecular weight excluding hydrogens is 645 g/mol. The number of aryl methyl sites for hydroxylation is 1. The molecule has 5 unspecified atom stereocenters. The highest BCUT2D eigenvalue weighted by atomic mass is 35.5. The molecule has 1 aromatic rings. The van der Waals surface area contributed by atoms with Crippen molar-refractivity contribution in [2.24, 2.45) is 23.7 Å². The first kappa shape index (κ1) is 37.2. The molecule has 5 atom stereocenters. The van der Waals surface area contributed by atoms with E-state index in [9.17, 15) is 14.7 Å². The third-order valence-electron chi connectivity index (χ3n) is 11.3. The highest BCUT2D eigenvalue weighted by Gasteiger charge is 2.49. The lowest BCUT2D eigenvalue weighted by atomic mass is 9.58. The summed E-state index contributed by atoms with van der Waals surface area (Å²) in [6.45, 7) is 4.08. The molecule has 0 aliphatic heterocycles. The van der Waals surface area contributed by atoms with E-state index in [-0.39, 0.29) is 12.2 Å². The standard InChI is InChI=1S/C39H57Cl2N3O4/c40-18-23-44(24-19-41)31-11-8-28(9-12-31)6-5-21-43-39(47)48-25-22-42-20-4-2-1-3-7-30-27-36-34(16-17-37(36)46)35-14-10-29-26-32(45)13-15-33(29)38(30)35/h8-9,11-12,26,30,34-37,42,46H,1-7,10,13-25,27H2,(H,43,47). The minimum absolute atomic E-state index is 0.121. The first-order valence-electron chi connectivity index (χ1n) is 18.7. The number of benzene rings is 1. The van der Waals surface area contributed by atoms with E-state index < -0.39 is 0 Å². The molecule has 0 spiro atoms. The molecule has 0 radical (unpaired) electrons. The molecule has 48 heavy (non-hydrogen) atoms. The van der Waals surface area contributed by atoms with Crippen LogP contribution in [0.1, 0.15) is 89.0 Å². The van der Waals surface area contributed by atoms with Crippen LogP contribution in [0.15, 0.2) is 47.1 Å². The number of anilines is 1. The first-order valence-corrected chi connectivity index (χ1v) is 19.8. The highest BCUT2D eigenvalue weighted by Crippen LogP contribution is 2.57. The average Bonchev–Trinajstić information content (AvgIpc) is 3.47. The molecular formula is C39H57Cl2N3O4. The van der Waals surface area contributed by atoms with Gasteiger partial charge in [-0.25, -0.2) is 4.79 Å². The predicted molar refractivity (Wildman–Crippen MR) is 196 cm³/mol. The number of allylic oxidation sites excluding steroid dienone is 4. The average molecular weight is 703 g/mol. The van der Waals surface area contributed by atoms with Gasteiger partial charge in [0, 0.05) is 50.0 Å². The molecule has 3 N–H and O–H groups in total. The molecule has 5 rings (SSSR count). The third-order valence-corrected chi connectivity index (χ3v) is 11.6. The number of alkyl carbamates (subject to hydrolysis) is 1. The van der Waals surface area contributed by atoms with E-state index in [2.05, 4.69) is 39.8 Å². The minimum atomic E-state index is -0.359. The lowest BCUT2D eigenvalue weighted by molar-refractivity contribution is -0.114. The number of unbranched alkanes of at least 4 members (excludes halogenated alkanes) is 3. The number of aliphatic hydroxyl groups excluding tert-OH is 1. The minimum Gasteiger partial charge on any atom is -0.448 e. The number of nitrogens with one attached hydrogen (secondary N) is 2. The van der Waals surface area contributed by atoms with Gasteiger partial charge in [-0.2, -0.15) is 0 Å². The number of halogens is 2. The Labute approximate surface area is 298 Å². The van der Waals surface area contributed by atoms with E-state index >= 15 is 0 Å². The molecule has 4 aliphatic carbocycles. The van der Waals surface area contributed by atoms with Crippen LogP contribution in [0.25, 0.3) is 0 Å². The van der Waals surface area contributed by atoms with Crippen LogP contribution in [0, 0.1) is 23.7 Å². The van der Waals surface area contributed by atoms with Crippen molar-refractivity contribution in [3.63, 3.8) is 0 Å². The van der Waals surface area contributed by atoms with Gasteiger partial charge in [0.25, 0.3) is 0 Å². The Kier molecular flexibility index (Phi) is 15.0. The molecule has 0 heterocycles. The maximum atomic E-state index is 12.1. The molecule has 9 heteroatoms. The number of carbonyl (C=O) groups excluding carboxylic acids is 2. The zero-order valence-corrected chi connectivity index (χ0v) is 30.2. The first-order chi connectivity index (χ1) is 23.5. The van der Waals surface area contributed by atoms with E-state index in [0.29, 0.717) is 67.3 Å². The summed E-state index contributed by atoms with van der Waals surface area (Å²) in [5.74, 6) is 3.75. The van der Waals surface area contributed by atoms with Crippen LogP contribution in [0.4, 0.5) is 10.5 Å². The van der Waals surface area contributed by atoms with Crippen molar-refractivity contribution in [1.29, 1.82) is 0 Å². The van der Waals surface area contributed by atoms with Crippen LogP contribution in [-0.2, 0) is 16.0 Å². The van der Waals surface area contributed by atoms with Gasteiger partial charge < -0.3 is 25.4 Å². The number of hydrogen-bond donors (Lipinski definition) is 3. The van der Waals surface area contributed by atoms with Crippen molar-refractivity contribution in [1.82, 2.24) is 10.6 Å². The van der Waals surface area contributed by atoms with Gasteiger partial charge in [-0.05, 0) is 129 Å². The van der Waals surface area contributed by atoms with Gasteiger partial charge in [0.2, 0.25) is 0 Å². The van der Waals surface area contributed by atoms with Crippen LogP contribution < -0.4 is 15.5 Å². The largest absolute Gasteiger partial charge is 0.448 e. The summed E-state index contributed by atoms with van der Waals surface area (Å²) in [7, 11) is 0. The second-order valence-corrected chi connectivity index (χ2v) is 15.0. The predicted octanol–water partition coefficient (Wildman–Crippen LogP) is 7.57. The van der Waals surface area contributed by atoms with Crippen LogP contribution >= 0.6 is 23.2 Å².